The largest absolute Gasteiger partial charge is 0.382 e. The Morgan fingerprint density at radius 3 is 2.87 bits per heavy atom. The smallest absolute Gasteiger partial charge is 0.203 e. The molecule has 1 heterocycles. The molecule has 1 saturated carbocycles. The molecule has 0 atom stereocenters. The van der Waals surface area contributed by atoms with E-state index in [1.54, 1.807) is 7.11 Å². The Hall–Kier alpha value is -0.680. The number of methoxy groups -OCH3 is 1. The summed E-state index contributed by atoms with van der Waals surface area (Å²) in [7, 11) is 1.71. The number of hydrogen-bond donors (Lipinski definition) is 1. The van der Waals surface area contributed by atoms with Crippen LogP contribution in [0.2, 0.25) is 0 Å². The third-order valence-electron chi connectivity index (χ3n) is 2.33. The fourth-order valence-corrected chi connectivity index (χ4v) is 2.31. The highest BCUT2D eigenvalue weighted by Gasteiger charge is 2.28. The summed E-state index contributed by atoms with van der Waals surface area (Å²) in [6.07, 6.45) is 2.50. The predicted molar refractivity (Wildman–Crippen MR) is 61.5 cm³/mol. The molecule has 1 aliphatic rings. The van der Waals surface area contributed by atoms with Crippen molar-refractivity contribution in [2.75, 3.05) is 19.0 Å². The fourth-order valence-electron chi connectivity index (χ4n) is 1.48. The van der Waals surface area contributed by atoms with Crippen LogP contribution >= 0.6 is 11.5 Å². The van der Waals surface area contributed by atoms with Crippen molar-refractivity contribution in [2.45, 2.75) is 38.1 Å². The lowest BCUT2D eigenvalue weighted by Crippen LogP contribution is -2.35. The maximum atomic E-state index is 5.14. The number of rotatable bonds is 5. The van der Waals surface area contributed by atoms with E-state index in [1.165, 1.54) is 24.4 Å². The molecule has 2 rings (SSSR count). The zero-order valence-electron chi connectivity index (χ0n) is 9.41. The zero-order valence-corrected chi connectivity index (χ0v) is 10.2. The van der Waals surface area contributed by atoms with E-state index < -0.39 is 0 Å². The summed E-state index contributed by atoms with van der Waals surface area (Å²) in [5.41, 5.74) is -0.0882. The molecule has 1 aromatic rings. The van der Waals surface area contributed by atoms with Gasteiger partial charge in [-0.3, -0.25) is 0 Å². The quantitative estimate of drug-likeness (QED) is 0.838. The molecule has 0 aliphatic heterocycles. The first-order valence-electron chi connectivity index (χ1n) is 5.21. The average Bonchev–Trinajstić information content (AvgIpc) is 2.88. The van der Waals surface area contributed by atoms with E-state index in [0.717, 1.165) is 11.0 Å². The topological polar surface area (TPSA) is 47.0 Å². The first-order chi connectivity index (χ1) is 7.11. The van der Waals surface area contributed by atoms with E-state index in [9.17, 15) is 0 Å². The number of ether oxygens (including phenoxy) is 1. The van der Waals surface area contributed by atoms with Crippen molar-refractivity contribution in [3.63, 3.8) is 0 Å². The van der Waals surface area contributed by atoms with Crippen molar-refractivity contribution in [3.05, 3.63) is 5.82 Å². The molecular weight excluding hydrogens is 210 g/mol. The van der Waals surface area contributed by atoms with E-state index in [-0.39, 0.29) is 5.54 Å². The molecule has 84 valence electrons. The molecule has 0 saturated heterocycles. The maximum absolute atomic E-state index is 5.14. The summed E-state index contributed by atoms with van der Waals surface area (Å²) in [4.78, 5) is 4.48. The van der Waals surface area contributed by atoms with Gasteiger partial charge >= 0.3 is 0 Å². The van der Waals surface area contributed by atoms with E-state index in [2.05, 4.69) is 28.5 Å². The van der Waals surface area contributed by atoms with Crippen molar-refractivity contribution in [3.8, 4) is 0 Å². The minimum absolute atomic E-state index is 0.0882. The van der Waals surface area contributed by atoms with Gasteiger partial charge in [0.1, 0.15) is 5.82 Å². The minimum atomic E-state index is -0.0882. The lowest BCUT2D eigenvalue weighted by atomic mass is 10.1. The second kappa shape index (κ2) is 4.06. The van der Waals surface area contributed by atoms with Crippen LogP contribution < -0.4 is 5.32 Å². The molecule has 5 heteroatoms. The van der Waals surface area contributed by atoms with Crippen molar-refractivity contribution in [1.82, 2.24) is 9.36 Å². The second-order valence-corrected chi connectivity index (χ2v) is 5.43. The zero-order chi connectivity index (χ0) is 10.9. The summed E-state index contributed by atoms with van der Waals surface area (Å²) in [6, 6.07) is 0. The highest BCUT2D eigenvalue weighted by Crippen LogP contribution is 2.39. The molecule has 0 spiro atoms. The van der Waals surface area contributed by atoms with Gasteiger partial charge in [0.25, 0.3) is 0 Å². The molecule has 0 amide bonds. The Kier molecular flexibility index (Phi) is 2.93. The van der Waals surface area contributed by atoms with Crippen LogP contribution in [0.5, 0.6) is 0 Å². The van der Waals surface area contributed by atoms with Crippen LogP contribution in [0, 0.1) is 0 Å². The average molecular weight is 227 g/mol. The molecule has 4 nitrogen and oxygen atoms in total. The number of anilines is 1. The summed E-state index contributed by atoms with van der Waals surface area (Å²) in [5.74, 6) is 1.64. The molecule has 1 N–H and O–H groups in total. The van der Waals surface area contributed by atoms with Gasteiger partial charge in [-0.25, -0.2) is 4.98 Å². The normalized spacial score (nSPS) is 16.7. The molecular formula is C10H17N3OS. The third-order valence-corrected chi connectivity index (χ3v) is 2.98. The van der Waals surface area contributed by atoms with Crippen LogP contribution in [-0.4, -0.2) is 28.6 Å². The monoisotopic (exact) mass is 227 g/mol. The lowest BCUT2D eigenvalue weighted by Gasteiger charge is -2.24. The Labute approximate surface area is 94.2 Å². The van der Waals surface area contributed by atoms with Gasteiger partial charge in [-0.05, 0) is 26.7 Å². The van der Waals surface area contributed by atoms with Gasteiger partial charge in [-0.1, -0.05) is 0 Å². The number of nitrogens with one attached hydrogen (secondary N) is 1. The standard InChI is InChI=1S/C10H17N3OS/c1-10(2,6-14-3)12-9-11-8(13-15-9)7-4-5-7/h7H,4-6H2,1-3H3,(H,11,12,13). The molecule has 1 aliphatic carbocycles. The maximum Gasteiger partial charge on any atom is 0.203 e. The van der Waals surface area contributed by atoms with Gasteiger partial charge in [0.15, 0.2) is 0 Å². The van der Waals surface area contributed by atoms with Crippen LogP contribution in [0.15, 0.2) is 0 Å². The Morgan fingerprint density at radius 2 is 2.27 bits per heavy atom. The van der Waals surface area contributed by atoms with Crippen LogP contribution in [-0.2, 0) is 4.74 Å². The summed E-state index contributed by atoms with van der Waals surface area (Å²) < 4.78 is 9.49. The first-order valence-corrected chi connectivity index (χ1v) is 5.99. The van der Waals surface area contributed by atoms with Crippen LogP contribution in [0.25, 0.3) is 0 Å². The first kappa shape index (κ1) is 10.8. The summed E-state index contributed by atoms with van der Waals surface area (Å²) in [6.45, 7) is 4.84. The van der Waals surface area contributed by atoms with Crippen molar-refractivity contribution >= 4 is 16.7 Å². The van der Waals surface area contributed by atoms with E-state index in [4.69, 9.17) is 4.74 Å². The predicted octanol–water partition coefficient (Wildman–Crippen LogP) is 2.25. The van der Waals surface area contributed by atoms with Crippen LogP contribution in [0.4, 0.5) is 5.13 Å². The highest BCUT2D eigenvalue weighted by molar-refractivity contribution is 7.09. The van der Waals surface area contributed by atoms with Crippen LogP contribution in [0.1, 0.15) is 38.4 Å². The van der Waals surface area contributed by atoms with E-state index in [1.807, 2.05) is 0 Å². The molecule has 1 aromatic heterocycles. The highest BCUT2D eigenvalue weighted by atomic mass is 32.1. The van der Waals surface area contributed by atoms with Gasteiger partial charge in [-0.15, -0.1) is 0 Å². The van der Waals surface area contributed by atoms with E-state index in [0.29, 0.717) is 12.5 Å². The van der Waals surface area contributed by atoms with Gasteiger partial charge in [-0.2, -0.15) is 4.37 Å². The van der Waals surface area contributed by atoms with Gasteiger partial charge in [0.05, 0.1) is 12.1 Å². The lowest BCUT2D eigenvalue weighted by molar-refractivity contribution is 0.158. The van der Waals surface area contributed by atoms with Gasteiger partial charge in [0, 0.05) is 24.6 Å². The van der Waals surface area contributed by atoms with Crippen molar-refractivity contribution in [2.24, 2.45) is 0 Å². The number of nitrogens with zero attached hydrogens (tertiary/aromatic N) is 2. The van der Waals surface area contributed by atoms with Gasteiger partial charge < -0.3 is 10.1 Å². The molecule has 1 fully saturated rings. The molecule has 0 aromatic carbocycles. The number of hydrogen-bond acceptors (Lipinski definition) is 5. The Balaban J connectivity index is 1.97. The molecule has 0 unspecified atom stereocenters. The summed E-state index contributed by atoms with van der Waals surface area (Å²) >= 11 is 1.44. The van der Waals surface area contributed by atoms with Crippen molar-refractivity contribution in [1.29, 1.82) is 0 Å². The molecule has 0 bridgehead atoms. The molecule has 15 heavy (non-hydrogen) atoms. The number of aromatic nitrogens is 2. The molecule has 0 radical (unpaired) electrons. The van der Waals surface area contributed by atoms with E-state index >= 15 is 0 Å². The van der Waals surface area contributed by atoms with Crippen molar-refractivity contribution < 1.29 is 4.74 Å². The third kappa shape index (κ3) is 2.89. The SMILES string of the molecule is COCC(C)(C)Nc1nc(C2CC2)ns1. The van der Waals surface area contributed by atoms with Crippen LogP contribution in [0.3, 0.4) is 0 Å². The summed E-state index contributed by atoms with van der Waals surface area (Å²) in [5, 5.41) is 4.24. The van der Waals surface area contributed by atoms with Gasteiger partial charge in [0.2, 0.25) is 5.13 Å². The second-order valence-electron chi connectivity index (χ2n) is 4.67. The Bertz CT molecular complexity index is 333. The fraction of sp³-hybridized carbons (Fsp3) is 0.800. The Morgan fingerprint density at radius 1 is 1.53 bits per heavy atom. The minimum Gasteiger partial charge on any atom is -0.382 e.